The molecule has 1 aliphatic rings. The third-order valence-corrected chi connectivity index (χ3v) is 4.02. The molecule has 0 N–H and O–H groups in total. The maximum absolute atomic E-state index is 6.18. The summed E-state index contributed by atoms with van der Waals surface area (Å²) in [4.78, 5) is 10.8. The number of hydrogen-bond donors (Lipinski definition) is 0. The van der Waals surface area contributed by atoms with Gasteiger partial charge in [0.2, 0.25) is 5.89 Å². The lowest BCUT2D eigenvalue weighted by molar-refractivity contribution is 0.234. The van der Waals surface area contributed by atoms with E-state index in [1.165, 1.54) is 0 Å². The Balaban J connectivity index is 1.77. The van der Waals surface area contributed by atoms with Gasteiger partial charge in [0.15, 0.2) is 5.82 Å². The summed E-state index contributed by atoms with van der Waals surface area (Å²) >= 11 is 6.18. The van der Waals surface area contributed by atoms with Crippen LogP contribution in [0.25, 0.3) is 0 Å². The SMILES string of the molecule is CCc1nc([C@@H]2CCCN2Cc2ccncc2Cl)no1. The zero-order chi connectivity index (χ0) is 13.9. The first-order chi connectivity index (χ1) is 9.78. The van der Waals surface area contributed by atoms with Crippen molar-refractivity contribution in [3.8, 4) is 0 Å². The summed E-state index contributed by atoms with van der Waals surface area (Å²) in [6, 6.07) is 2.19. The van der Waals surface area contributed by atoms with E-state index in [9.17, 15) is 0 Å². The summed E-state index contributed by atoms with van der Waals surface area (Å²) in [6.07, 6.45) is 6.44. The zero-order valence-electron chi connectivity index (χ0n) is 11.4. The number of aryl methyl sites for hydroxylation is 1. The smallest absolute Gasteiger partial charge is 0.226 e. The van der Waals surface area contributed by atoms with Crippen LogP contribution in [-0.2, 0) is 13.0 Å². The Labute approximate surface area is 123 Å². The Morgan fingerprint density at radius 2 is 2.40 bits per heavy atom. The molecule has 2 aromatic heterocycles. The topological polar surface area (TPSA) is 55.1 Å². The van der Waals surface area contributed by atoms with Crippen molar-refractivity contribution in [3.63, 3.8) is 0 Å². The molecule has 0 bridgehead atoms. The Bertz CT molecular complexity index is 586. The van der Waals surface area contributed by atoms with E-state index in [0.29, 0.717) is 10.9 Å². The minimum atomic E-state index is 0.225. The van der Waals surface area contributed by atoms with Gasteiger partial charge in [-0.15, -0.1) is 0 Å². The molecule has 2 aromatic rings. The normalized spacial score (nSPS) is 19.6. The molecule has 0 radical (unpaired) electrons. The summed E-state index contributed by atoms with van der Waals surface area (Å²) in [6.45, 7) is 3.84. The second-order valence-corrected chi connectivity index (χ2v) is 5.40. The largest absolute Gasteiger partial charge is 0.339 e. The standard InChI is InChI=1S/C14H17ClN4O/c1-2-13-17-14(18-20-13)12-4-3-7-19(12)9-10-5-6-16-8-11(10)15/h5-6,8,12H,2-4,7,9H2,1H3/t12-/m0/s1. The molecule has 1 atom stereocenters. The summed E-state index contributed by atoms with van der Waals surface area (Å²) in [5.41, 5.74) is 1.09. The first kappa shape index (κ1) is 13.5. The van der Waals surface area contributed by atoms with E-state index in [2.05, 4.69) is 20.0 Å². The van der Waals surface area contributed by atoms with Gasteiger partial charge in [-0.1, -0.05) is 23.7 Å². The second-order valence-electron chi connectivity index (χ2n) is 5.00. The third-order valence-electron chi connectivity index (χ3n) is 3.68. The molecule has 0 aromatic carbocycles. The quantitative estimate of drug-likeness (QED) is 0.867. The molecule has 0 saturated carbocycles. The van der Waals surface area contributed by atoms with Gasteiger partial charge < -0.3 is 4.52 Å². The fourth-order valence-electron chi connectivity index (χ4n) is 2.61. The maximum Gasteiger partial charge on any atom is 0.226 e. The fraction of sp³-hybridized carbons (Fsp3) is 0.500. The van der Waals surface area contributed by atoms with Crippen LogP contribution in [-0.4, -0.2) is 26.6 Å². The third kappa shape index (κ3) is 2.69. The molecule has 0 amide bonds. The lowest BCUT2D eigenvalue weighted by Crippen LogP contribution is -2.23. The van der Waals surface area contributed by atoms with E-state index in [-0.39, 0.29) is 6.04 Å². The van der Waals surface area contributed by atoms with Crippen molar-refractivity contribution < 1.29 is 4.52 Å². The van der Waals surface area contributed by atoms with Crippen molar-refractivity contribution in [2.24, 2.45) is 0 Å². The van der Waals surface area contributed by atoms with Gasteiger partial charge in [-0.05, 0) is 31.0 Å². The fourth-order valence-corrected chi connectivity index (χ4v) is 2.78. The van der Waals surface area contributed by atoms with Gasteiger partial charge in [0, 0.05) is 25.4 Å². The molecule has 106 valence electrons. The van der Waals surface area contributed by atoms with Gasteiger partial charge >= 0.3 is 0 Å². The minimum Gasteiger partial charge on any atom is -0.339 e. The number of likely N-dealkylation sites (tertiary alicyclic amines) is 1. The molecule has 0 aliphatic carbocycles. The van der Waals surface area contributed by atoms with Crippen LogP contribution in [0.4, 0.5) is 0 Å². The molecule has 3 heterocycles. The molecule has 1 saturated heterocycles. The molecule has 0 unspecified atom stereocenters. The van der Waals surface area contributed by atoms with E-state index in [0.717, 1.165) is 43.7 Å². The molecule has 1 aliphatic heterocycles. The number of halogens is 1. The minimum absolute atomic E-state index is 0.225. The number of pyridine rings is 1. The van der Waals surface area contributed by atoms with Crippen LogP contribution in [0.3, 0.4) is 0 Å². The predicted octanol–water partition coefficient (Wildman–Crippen LogP) is 3.02. The summed E-state index contributed by atoms with van der Waals surface area (Å²) in [5, 5.41) is 4.82. The average Bonchev–Trinajstić information content (AvgIpc) is 3.09. The molecular weight excluding hydrogens is 276 g/mol. The van der Waals surface area contributed by atoms with Gasteiger partial charge in [0.25, 0.3) is 0 Å². The van der Waals surface area contributed by atoms with Gasteiger partial charge in [-0.3, -0.25) is 9.88 Å². The number of hydrogen-bond acceptors (Lipinski definition) is 5. The van der Waals surface area contributed by atoms with Crippen molar-refractivity contribution >= 4 is 11.6 Å². The molecule has 1 fully saturated rings. The molecule has 20 heavy (non-hydrogen) atoms. The Kier molecular flexibility index (Phi) is 3.98. The highest BCUT2D eigenvalue weighted by molar-refractivity contribution is 6.31. The van der Waals surface area contributed by atoms with E-state index < -0.39 is 0 Å². The number of nitrogens with zero attached hydrogens (tertiary/aromatic N) is 4. The highest BCUT2D eigenvalue weighted by atomic mass is 35.5. The van der Waals surface area contributed by atoms with Gasteiger partial charge in [0.05, 0.1) is 11.1 Å². The first-order valence-electron chi connectivity index (χ1n) is 6.93. The summed E-state index contributed by atoms with van der Waals surface area (Å²) in [7, 11) is 0. The van der Waals surface area contributed by atoms with Crippen molar-refractivity contribution in [1.29, 1.82) is 0 Å². The van der Waals surface area contributed by atoms with Crippen LogP contribution in [0.5, 0.6) is 0 Å². The van der Waals surface area contributed by atoms with Gasteiger partial charge in [-0.2, -0.15) is 4.98 Å². The van der Waals surface area contributed by atoms with E-state index in [1.807, 2.05) is 13.0 Å². The van der Waals surface area contributed by atoms with Crippen LogP contribution in [0, 0.1) is 0 Å². The van der Waals surface area contributed by atoms with Crippen LogP contribution in [0.2, 0.25) is 5.02 Å². The Morgan fingerprint density at radius 1 is 1.50 bits per heavy atom. The zero-order valence-corrected chi connectivity index (χ0v) is 12.2. The van der Waals surface area contributed by atoms with Crippen LogP contribution >= 0.6 is 11.6 Å². The van der Waals surface area contributed by atoms with E-state index in [4.69, 9.17) is 16.1 Å². The summed E-state index contributed by atoms with van der Waals surface area (Å²) < 4.78 is 5.22. The van der Waals surface area contributed by atoms with E-state index >= 15 is 0 Å². The van der Waals surface area contributed by atoms with Crippen LogP contribution in [0.1, 0.15) is 43.1 Å². The molecule has 3 rings (SSSR count). The van der Waals surface area contributed by atoms with Crippen LogP contribution < -0.4 is 0 Å². The lowest BCUT2D eigenvalue weighted by Gasteiger charge is -2.22. The average molecular weight is 293 g/mol. The van der Waals surface area contributed by atoms with Crippen molar-refractivity contribution in [2.75, 3.05) is 6.54 Å². The predicted molar refractivity (Wildman–Crippen MR) is 75.3 cm³/mol. The number of rotatable bonds is 4. The maximum atomic E-state index is 6.18. The highest BCUT2D eigenvalue weighted by Crippen LogP contribution is 2.32. The van der Waals surface area contributed by atoms with Crippen molar-refractivity contribution in [3.05, 3.63) is 40.8 Å². The van der Waals surface area contributed by atoms with Crippen molar-refractivity contribution in [1.82, 2.24) is 20.0 Å². The van der Waals surface area contributed by atoms with Gasteiger partial charge in [-0.25, -0.2) is 0 Å². The van der Waals surface area contributed by atoms with Gasteiger partial charge in [0.1, 0.15) is 0 Å². The monoisotopic (exact) mass is 292 g/mol. The Morgan fingerprint density at radius 3 is 3.15 bits per heavy atom. The Hall–Kier alpha value is -1.46. The highest BCUT2D eigenvalue weighted by Gasteiger charge is 2.30. The van der Waals surface area contributed by atoms with Crippen molar-refractivity contribution in [2.45, 2.75) is 38.8 Å². The number of aromatic nitrogens is 3. The molecule has 0 spiro atoms. The van der Waals surface area contributed by atoms with E-state index in [1.54, 1.807) is 12.4 Å². The second kappa shape index (κ2) is 5.89. The van der Waals surface area contributed by atoms with Crippen LogP contribution in [0.15, 0.2) is 23.0 Å². The summed E-state index contributed by atoms with van der Waals surface area (Å²) in [5.74, 6) is 1.50. The first-order valence-corrected chi connectivity index (χ1v) is 7.30. The molecule has 6 heteroatoms. The lowest BCUT2D eigenvalue weighted by atomic mass is 10.2. The molecular formula is C14H17ClN4O. The molecule has 5 nitrogen and oxygen atoms in total.